The monoisotopic (exact) mass is 320 g/mol. The van der Waals surface area contributed by atoms with E-state index in [1.165, 1.54) is 35.9 Å². The molecule has 0 saturated carbocycles. The van der Waals surface area contributed by atoms with Gasteiger partial charge in [0.05, 0.1) is 0 Å². The van der Waals surface area contributed by atoms with Crippen LogP contribution in [-0.2, 0) is 6.42 Å². The Morgan fingerprint density at radius 1 is 1.42 bits per heavy atom. The Kier molecular flexibility index (Phi) is 3.68. The van der Waals surface area contributed by atoms with Gasteiger partial charge in [-0.05, 0) is 63.4 Å². The highest BCUT2D eigenvalue weighted by atomic mass is 79.9. The number of hydrogen-bond acceptors (Lipinski definition) is 1. The average molecular weight is 321 g/mol. The number of aromatic amines is 1. The van der Waals surface area contributed by atoms with E-state index < -0.39 is 0 Å². The van der Waals surface area contributed by atoms with Gasteiger partial charge in [0.15, 0.2) is 0 Å². The number of likely N-dealkylation sites (tertiary alicyclic amines) is 1. The van der Waals surface area contributed by atoms with E-state index in [1.807, 2.05) is 0 Å². The van der Waals surface area contributed by atoms with Crippen molar-refractivity contribution < 1.29 is 0 Å². The average Bonchev–Trinajstić information content (AvgIpc) is 2.97. The molecular weight excluding hydrogens is 300 g/mol. The van der Waals surface area contributed by atoms with Gasteiger partial charge in [0.25, 0.3) is 0 Å². The first-order chi connectivity index (χ1) is 9.15. The van der Waals surface area contributed by atoms with E-state index in [1.54, 1.807) is 0 Å². The molecule has 1 N–H and O–H groups in total. The molecular formula is C16H21BrN2. The maximum atomic E-state index is 3.57. The zero-order chi connectivity index (χ0) is 13.4. The SMILES string of the molecule is CC(C)N1CCC[C@@H]1Cc1c[nH]c2ccc(Br)cc12. The Morgan fingerprint density at radius 2 is 2.26 bits per heavy atom. The first-order valence-electron chi connectivity index (χ1n) is 7.16. The Balaban J connectivity index is 1.87. The van der Waals surface area contributed by atoms with Crippen LogP contribution >= 0.6 is 15.9 Å². The van der Waals surface area contributed by atoms with Gasteiger partial charge in [-0.3, -0.25) is 4.90 Å². The predicted octanol–water partition coefficient (Wildman–Crippen LogP) is 4.35. The number of aromatic nitrogens is 1. The van der Waals surface area contributed by atoms with Gasteiger partial charge in [0, 0.05) is 33.7 Å². The van der Waals surface area contributed by atoms with Crippen LogP contribution in [-0.4, -0.2) is 28.5 Å². The van der Waals surface area contributed by atoms with Crippen molar-refractivity contribution in [3.05, 3.63) is 34.4 Å². The summed E-state index contributed by atoms with van der Waals surface area (Å²) in [6.45, 7) is 5.88. The summed E-state index contributed by atoms with van der Waals surface area (Å²) < 4.78 is 1.16. The zero-order valence-electron chi connectivity index (χ0n) is 11.6. The van der Waals surface area contributed by atoms with Crippen LogP contribution in [0.1, 0.15) is 32.3 Å². The van der Waals surface area contributed by atoms with E-state index in [4.69, 9.17) is 0 Å². The molecule has 19 heavy (non-hydrogen) atoms. The quantitative estimate of drug-likeness (QED) is 0.891. The fourth-order valence-electron chi connectivity index (χ4n) is 3.33. The van der Waals surface area contributed by atoms with Crippen LogP contribution in [0.15, 0.2) is 28.9 Å². The molecule has 0 spiro atoms. The summed E-state index contributed by atoms with van der Waals surface area (Å²) in [6.07, 6.45) is 6.02. The predicted molar refractivity (Wildman–Crippen MR) is 84.6 cm³/mol. The number of nitrogens with zero attached hydrogens (tertiary/aromatic N) is 1. The minimum absolute atomic E-state index is 0.657. The molecule has 3 rings (SSSR count). The minimum Gasteiger partial charge on any atom is -0.361 e. The largest absolute Gasteiger partial charge is 0.361 e. The summed E-state index contributed by atoms with van der Waals surface area (Å²) in [5, 5.41) is 1.37. The number of hydrogen-bond donors (Lipinski definition) is 1. The van der Waals surface area contributed by atoms with E-state index in [0.29, 0.717) is 12.1 Å². The van der Waals surface area contributed by atoms with Gasteiger partial charge < -0.3 is 4.98 Å². The van der Waals surface area contributed by atoms with Crippen LogP contribution in [0, 0.1) is 0 Å². The van der Waals surface area contributed by atoms with Crippen molar-refractivity contribution in [1.29, 1.82) is 0 Å². The van der Waals surface area contributed by atoms with Crippen LogP contribution in [0.3, 0.4) is 0 Å². The van der Waals surface area contributed by atoms with Gasteiger partial charge in [-0.15, -0.1) is 0 Å². The normalized spacial score (nSPS) is 20.7. The molecule has 1 aromatic carbocycles. The molecule has 1 fully saturated rings. The van der Waals surface area contributed by atoms with Crippen LogP contribution in [0.25, 0.3) is 10.9 Å². The van der Waals surface area contributed by atoms with Crippen molar-refractivity contribution in [1.82, 2.24) is 9.88 Å². The van der Waals surface area contributed by atoms with Crippen molar-refractivity contribution in [2.24, 2.45) is 0 Å². The van der Waals surface area contributed by atoms with E-state index in [0.717, 1.165) is 10.9 Å². The van der Waals surface area contributed by atoms with E-state index >= 15 is 0 Å². The number of fused-ring (bicyclic) bond motifs is 1. The fourth-order valence-corrected chi connectivity index (χ4v) is 3.69. The summed E-state index contributed by atoms with van der Waals surface area (Å²) in [6, 6.07) is 7.84. The highest BCUT2D eigenvalue weighted by molar-refractivity contribution is 9.10. The molecule has 1 atom stereocenters. The van der Waals surface area contributed by atoms with Crippen molar-refractivity contribution in [3.8, 4) is 0 Å². The van der Waals surface area contributed by atoms with E-state index in [-0.39, 0.29) is 0 Å². The van der Waals surface area contributed by atoms with Gasteiger partial charge >= 0.3 is 0 Å². The first-order valence-corrected chi connectivity index (χ1v) is 7.95. The third-order valence-electron chi connectivity index (χ3n) is 4.27. The van der Waals surface area contributed by atoms with E-state index in [2.05, 4.69) is 64.1 Å². The summed E-state index contributed by atoms with van der Waals surface area (Å²) in [4.78, 5) is 6.04. The maximum absolute atomic E-state index is 3.57. The third kappa shape index (κ3) is 2.59. The number of nitrogens with one attached hydrogen (secondary N) is 1. The molecule has 0 unspecified atom stereocenters. The highest BCUT2D eigenvalue weighted by Gasteiger charge is 2.27. The van der Waals surface area contributed by atoms with Crippen molar-refractivity contribution >= 4 is 26.8 Å². The summed E-state index contributed by atoms with van der Waals surface area (Å²) in [5.74, 6) is 0. The van der Waals surface area contributed by atoms with Gasteiger partial charge in [0.1, 0.15) is 0 Å². The molecule has 1 aromatic heterocycles. The molecule has 2 nitrogen and oxygen atoms in total. The lowest BCUT2D eigenvalue weighted by Gasteiger charge is -2.28. The molecule has 1 saturated heterocycles. The third-order valence-corrected chi connectivity index (χ3v) is 4.76. The Bertz CT molecular complexity index is 573. The van der Waals surface area contributed by atoms with Gasteiger partial charge in [-0.1, -0.05) is 15.9 Å². The van der Waals surface area contributed by atoms with Gasteiger partial charge in [0.2, 0.25) is 0 Å². The zero-order valence-corrected chi connectivity index (χ0v) is 13.2. The molecule has 1 aliphatic rings. The topological polar surface area (TPSA) is 19.0 Å². The number of benzene rings is 1. The van der Waals surface area contributed by atoms with Crippen LogP contribution in [0.5, 0.6) is 0 Å². The molecule has 0 aliphatic carbocycles. The molecule has 1 aliphatic heterocycles. The van der Waals surface area contributed by atoms with Crippen LogP contribution < -0.4 is 0 Å². The molecule has 2 aromatic rings. The van der Waals surface area contributed by atoms with Crippen molar-refractivity contribution in [2.75, 3.05) is 6.54 Å². The molecule has 102 valence electrons. The lowest BCUT2D eigenvalue weighted by molar-refractivity contribution is 0.203. The molecule has 0 radical (unpaired) electrons. The second-order valence-corrected chi connectivity index (χ2v) is 6.75. The molecule has 0 bridgehead atoms. The fraction of sp³-hybridized carbons (Fsp3) is 0.500. The van der Waals surface area contributed by atoms with Crippen LogP contribution in [0.4, 0.5) is 0 Å². The lowest BCUT2D eigenvalue weighted by Crippen LogP contribution is -2.36. The lowest BCUT2D eigenvalue weighted by atomic mass is 10.0. The van der Waals surface area contributed by atoms with Crippen molar-refractivity contribution in [2.45, 2.75) is 45.2 Å². The standard InChI is InChI=1S/C16H21BrN2/c1-11(2)19-7-3-4-14(19)8-12-10-18-16-6-5-13(17)9-15(12)16/h5-6,9-11,14,18H,3-4,7-8H2,1-2H3/t14-/m1/s1. The number of H-pyrrole nitrogens is 1. The molecule has 0 amide bonds. The Labute approximate surface area is 123 Å². The van der Waals surface area contributed by atoms with Gasteiger partial charge in [-0.2, -0.15) is 0 Å². The Morgan fingerprint density at radius 3 is 3.05 bits per heavy atom. The smallest absolute Gasteiger partial charge is 0.0457 e. The Hall–Kier alpha value is -0.800. The minimum atomic E-state index is 0.657. The number of rotatable bonds is 3. The first kappa shape index (κ1) is 13.2. The van der Waals surface area contributed by atoms with Crippen LogP contribution in [0.2, 0.25) is 0 Å². The summed E-state index contributed by atoms with van der Waals surface area (Å²) in [7, 11) is 0. The number of halogens is 1. The second kappa shape index (κ2) is 5.29. The molecule has 2 heterocycles. The summed E-state index contributed by atoms with van der Waals surface area (Å²) in [5.41, 5.74) is 2.70. The summed E-state index contributed by atoms with van der Waals surface area (Å²) >= 11 is 3.57. The molecule has 3 heteroatoms. The van der Waals surface area contributed by atoms with Crippen molar-refractivity contribution in [3.63, 3.8) is 0 Å². The maximum Gasteiger partial charge on any atom is 0.0457 e. The second-order valence-electron chi connectivity index (χ2n) is 5.84. The van der Waals surface area contributed by atoms with Gasteiger partial charge in [-0.25, -0.2) is 0 Å². The highest BCUT2D eigenvalue weighted by Crippen LogP contribution is 2.28. The van der Waals surface area contributed by atoms with E-state index in [9.17, 15) is 0 Å².